The average Bonchev–Trinajstić information content (AvgIpc) is 3.57. The first-order valence-electron chi connectivity index (χ1n) is 14.2. The van der Waals surface area contributed by atoms with Gasteiger partial charge in [-0.05, 0) is 80.4 Å². The van der Waals surface area contributed by atoms with Gasteiger partial charge in [-0.3, -0.25) is 4.90 Å². The summed E-state index contributed by atoms with van der Waals surface area (Å²) in [4.78, 5) is 23.8. The molecule has 0 spiro atoms. The first-order valence-corrected chi connectivity index (χ1v) is 14.2. The number of imidazole rings is 1. The minimum atomic E-state index is -0.928. The van der Waals surface area contributed by atoms with Crippen LogP contribution in [0, 0.1) is 0 Å². The van der Waals surface area contributed by atoms with Crippen LogP contribution < -0.4 is 4.74 Å². The zero-order valence-electron chi connectivity index (χ0n) is 22.7. The van der Waals surface area contributed by atoms with E-state index in [1.165, 1.54) is 0 Å². The van der Waals surface area contributed by atoms with Crippen molar-refractivity contribution in [2.24, 2.45) is 0 Å². The third-order valence-electron chi connectivity index (χ3n) is 8.22. The summed E-state index contributed by atoms with van der Waals surface area (Å²) in [6, 6.07) is 17.3. The van der Waals surface area contributed by atoms with Crippen LogP contribution >= 0.6 is 0 Å². The predicted molar refractivity (Wildman–Crippen MR) is 152 cm³/mol. The van der Waals surface area contributed by atoms with Crippen molar-refractivity contribution in [1.29, 1.82) is 0 Å². The Morgan fingerprint density at radius 1 is 1.05 bits per heavy atom. The highest BCUT2D eigenvalue weighted by molar-refractivity contribution is 5.92. The Morgan fingerprint density at radius 2 is 1.93 bits per heavy atom. The van der Waals surface area contributed by atoms with E-state index in [1.807, 2.05) is 41.0 Å². The van der Waals surface area contributed by atoms with Gasteiger partial charge in [0.2, 0.25) is 5.88 Å². The summed E-state index contributed by atoms with van der Waals surface area (Å²) in [7, 11) is 0. The van der Waals surface area contributed by atoms with Crippen molar-refractivity contribution in [1.82, 2.24) is 29.0 Å². The van der Waals surface area contributed by atoms with E-state index >= 15 is 0 Å². The van der Waals surface area contributed by atoms with Crippen LogP contribution in [0.2, 0.25) is 0 Å². The van der Waals surface area contributed by atoms with Gasteiger partial charge in [0.1, 0.15) is 12.4 Å². The number of nitrogens with zero attached hydrogens (tertiary/aromatic N) is 6. The number of carbonyl (C=O) groups is 1. The van der Waals surface area contributed by atoms with Gasteiger partial charge in [0.05, 0.1) is 41.3 Å². The molecular formula is C31H32N6O4. The molecular weight excluding hydrogens is 520 g/mol. The first-order chi connectivity index (χ1) is 20.1. The predicted octanol–water partition coefficient (Wildman–Crippen LogP) is 4.52. The summed E-state index contributed by atoms with van der Waals surface area (Å²) in [6.45, 7) is 4.52. The molecule has 0 saturated carbocycles. The number of fused-ring (bicyclic) bond motifs is 2. The van der Waals surface area contributed by atoms with Crippen LogP contribution in [-0.4, -0.2) is 65.9 Å². The molecule has 2 aliphatic heterocycles. The number of ether oxygens (including phenoxy) is 2. The molecule has 1 aromatic carbocycles. The van der Waals surface area contributed by atoms with Gasteiger partial charge < -0.3 is 19.1 Å². The number of hydrogen-bond acceptors (Lipinski definition) is 7. The van der Waals surface area contributed by atoms with Crippen LogP contribution in [0.3, 0.4) is 0 Å². The lowest BCUT2D eigenvalue weighted by molar-refractivity contribution is -0.0592. The highest BCUT2D eigenvalue weighted by Crippen LogP contribution is 2.30. The molecule has 7 rings (SSSR count). The topological polar surface area (TPSA) is 107 Å². The lowest BCUT2D eigenvalue weighted by Crippen LogP contribution is -2.35. The van der Waals surface area contributed by atoms with E-state index in [0.29, 0.717) is 31.5 Å². The molecule has 0 radical (unpaired) electrons. The van der Waals surface area contributed by atoms with Crippen molar-refractivity contribution in [2.45, 2.75) is 51.0 Å². The number of benzene rings is 1. The lowest BCUT2D eigenvalue weighted by Gasteiger charge is -2.32. The van der Waals surface area contributed by atoms with E-state index in [9.17, 15) is 9.90 Å². The third-order valence-corrected chi connectivity index (χ3v) is 8.22. The minimum absolute atomic E-state index is 0.153. The quantitative estimate of drug-likeness (QED) is 0.284. The fourth-order valence-corrected chi connectivity index (χ4v) is 5.80. The van der Waals surface area contributed by atoms with Gasteiger partial charge in [-0.15, -0.1) is 0 Å². The number of carboxylic acids is 1. The number of aromatic nitrogens is 5. The Labute approximate surface area is 237 Å². The monoisotopic (exact) mass is 552 g/mol. The maximum atomic E-state index is 11.6. The summed E-state index contributed by atoms with van der Waals surface area (Å²) in [5.41, 5.74) is 5.15. The van der Waals surface area contributed by atoms with Gasteiger partial charge in [0, 0.05) is 36.7 Å². The molecule has 2 fully saturated rings. The fraction of sp³-hybridized carbons (Fsp3) is 0.355. The minimum Gasteiger partial charge on any atom is -0.478 e. The summed E-state index contributed by atoms with van der Waals surface area (Å²) < 4.78 is 15.7. The van der Waals surface area contributed by atoms with Gasteiger partial charge in [-0.25, -0.2) is 19.3 Å². The second kappa shape index (κ2) is 10.9. The summed E-state index contributed by atoms with van der Waals surface area (Å²) >= 11 is 0. The van der Waals surface area contributed by atoms with E-state index in [0.717, 1.165) is 72.6 Å². The van der Waals surface area contributed by atoms with Crippen LogP contribution in [0.5, 0.6) is 5.88 Å². The van der Waals surface area contributed by atoms with E-state index in [-0.39, 0.29) is 11.7 Å². The maximum absolute atomic E-state index is 11.6. The second-order valence-corrected chi connectivity index (χ2v) is 10.9. The van der Waals surface area contributed by atoms with Gasteiger partial charge >= 0.3 is 5.97 Å². The van der Waals surface area contributed by atoms with Crippen LogP contribution in [0.15, 0.2) is 67.0 Å². The van der Waals surface area contributed by atoms with Crippen molar-refractivity contribution in [2.75, 3.05) is 19.7 Å². The highest BCUT2D eigenvalue weighted by Gasteiger charge is 2.26. The summed E-state index contributed by atoms with van der Waals surface area (Å²) in [5, 5.41) is 13.8. The van der Waals surface area contributed by atoms with Crippen molar-refractivity contribution in [3.63, 3.8) is 0 Å². The van der Waals surface area contributed by atoms with Crippen LogP contribution in [-0.2, 0) is 24.4 Å². The number of pyridine rings is 2. The number of carboxylic acid groups (broad SMARTS) is 1. The third kappa shape index (κ3) is 5.40. The van der Waals surface area contributed by atoms with Gasteiger partial charge in [0.25, 0.3) is 0 Å². The Balaban J connectivity index is 1.00. The molecule has 1 N–H and O–H groups in total. The maximum Gasteiger partial charge on any atom is 0.335 e. The number of piperidine rings is 1. The van der Waals surface area contributed by atoms with Crippen molar-refractivity contribution in [3.8, 4) is 5.88 Å². The molecule has 4 aromatic heterocycles. The van der Waals surface area contributed by atoms with E-state index in [4.69, 9.17) is 19.4 Å². The largest absolute Gasteiger partial charge is 0.478 e. The highest BCUT2D eigenvalue weighted by atomic mass is 16.5. The van der Waals surface area contributed by atoms with Gasteiger partial charge in [-0.1, -0.05) is 6.07 Å². The second-order valence-electron chi connectivity index (χ2n) is 10.9. The number of hydrogen-bond donors (Lipinski definition) is 1. The normalized spacial score (nSPS) is 18.1. The number of rotatable bonds is 9. The Hall–Kier alpha value is -4.28. The van der Waals surface area contributed by atoms with E-state index < -0.39 is 5.97 Å². The average molecular weight is 553 g/mol. The number of aromatic carboxylic acids is 1. The van der Waals surface area contributed by atoms with Gasteiger partial charge in [-0.2, -0.15) is 5.10 Å². The molecule has 10 heteroatoms. The molecule has 6 heterocycles. The smallest absolute Gasteiger partial charge is 0.335 e. The molecule has 1 atom stereocenters. The number of likely N-dealkylation sites (tertiary alicyclic amines) is 1. The molecule has 0 amide bonds. The molecule has 41 heavy (non-hydrogen) atoms. The van der Waals surface area contributed by atoms with Crippen LogP contribution in [0.1, 0.15) is 52.6 Å². The molecule has 0 aliphatic carbocycles. The van der Waals surface area contributed by atoms with Crippen molar-refractivity contribution < 1.29 is 19.4 Å². The molecule has 5 aromatic rings. The zero-order valence-corrected chi connectivity index (χ0v) is 22.7. The molecule has 2 aliphatic rings. The molecule has 2 saturated heterocycles. The Morgan fingerprint density at radius 3 is 2.73 bits per heavy atom. The summed E-state index contributed by atoms with van der Waals surface area (Å²) in [6.07, 6.45) is 6.90. The molecule has 0 unspecified atom stereocenters. The van der Waals surface area contributed by atoms with E-state index in [2.05, 4.69) is 26.7 Å². The Bertz CT molecular complexity index is 1700. The molecule has 210 valence electrons. The fourth-order valence-electron chi connectivity index (χ4n) is 5.80. The summed E-state index contributed by atoms with van der Waals surface area (Å²) in [5.74, 6) is 1.05. The molecule has 0 bridgehead atoms. The van der Waals surface area contributed by atoms with E-state index in [1.54, 1.807) is 18.3 Å². The van der Waals surface area contributed by atoms with Crippen molar-refractivity contribution in [3.05, 3.63) is 89.6 Å². The first kappa shape index (κ1) is 25.7. The van der Waals surface area contributed by atoms with Crippen molar-refractivity contribution >= 4 is 22.5 Å². The van der Waals surface area contributed by atoms with Crippen LogP contribution in [0.25, 0.3) is 16.6 Å². The molecule has 10 nitrogen and oxygen atoms in total. The Kier molecular flexibility index (Phi) is 6.85. The SMILES string of the molecule is O=C(O)c1ccc2nc(CN3CCC(c4cccc(OCc5ccn6nccc6c5)n4)CC3)n(C[C@@H]3CCO3)c2c1. The lowest BCUT2D eigenvalue weighted by atomic mass is 9.93. The van der Waals surface area contributed by atoms with Crippen LogP contribution in [0.4, 0.5) is 0 Å². The standard InChI is InChI=1S/C31H32N6O4/c38-31(39)23-4-5-27-28(17-23)36(18-25-10-15-40-25)29(33-27)19-35-12-8-22(9-13-35)26-2-1-3-30(34-26)41-20-21-7-14-37-24(16-21)6-11-32-37/h1-7,11,14,16-17,22,25H,8-10,12-13,15,18-20H2,(H,38,39)/t25-/m0/s1. The zero-order chi connectivity index (χ0) is 27.8. The van der Waals surface area contributed by atoms with Gasteiger partial charge in [0.15, 0.2) is 0 Å².